The van der Waals surface area contributed by atoms with Gasteiger partial charge in [-0.1, -0.05) is 27.2 Å². The van der Waals surface area contributed by atoms with Crippen LogP contribution in [0.2, 0.25) is 0 Å². The molecule has 2 heteroatoms. The van der Waals surface area contributed by atoms with Gasteiger partial charge in [-0.15, -0.1) is 0 Å². The van der Waals surface area contributed by atoms with Crippen molar-refractivity contribution in [3.05, 3.63) is 0 Å². The molecule has 0 radical (unpaired) electrons. The zero-order valence-corrected chi connectivity index (χ0v) is 8.84. The summed E-state index contributed by atoms with van der Waals surface area (Å²) < 4.78 is 5.88. The summed E-state index contributed by atoms with van der Waals surface area (Å²) >= 11 is 0. The Morgan fingerprint density at radius 2 is 1.92 bits per heavy atom. The van der Waals surface area contributed by atoms with Crippen molar-refractivity contribution in [1.82, 2.24) is 0 Å². The van der Waals surface area contributed by atoms with Crippen molar-refractivity contribution in [2.75, 3.05) is 0 Å². The van der Waals surface area contributed by atoms with Crippen LogP contribution in [-0.2, 0) is 4.74 Å². The molecule has 1 saturated carbocycles. The van der Waals surface area contributed by atoms with Crippen LogP contribution in [0.3, 0.4) is 0 Å². The summed E-state index contributed by atoms with van der Waals surface area (Å²) in [6, 6.07) is 0.475. The van der Waals surface area contributed by atoms with Gasteiger partial charge in [-0.05, 0) is 19.3 Å². The monoisotopic (exact) mass is 181 g/mol. The lowest BCUT2D eigenvalue weighted by Crippen LogP contribution is -2.28. The maximum atomic E-state index is 5.88. The molecule has 2 atom stereocenters. The summed E-state index contributed by atoms with van der Waals surface area (Å²) in [6.45, 7) is 6.51. The van der Waals surface area contributed by atoms with Crippen LogP contribution in [0, 0.1) is 5.41 Å². The highest BCUT2D eigenvalue weighted by molar-refractivity contribution is 5.83. The smallest absolute Gasteiger partial charge is 0.189 e. The van der Waals surface area contributed by atoms with Crippen LogP contribution in [0.1, 0.15) is 46.5 Å². The van der Waals surface area contributed by atoms with E-state index in [0.717, 1.165) is 5.90 Å². The van der Waals surface area contributed by atoms with Gasteiger partial charge < -0.3 is 4.74 Å². The summed E-state index contributed by atoms with van der Waals surface area (Å²) in [6.07, 6.45) is 5.47. The van der Waals surface area contributed by atoms with Crippen LogP contribution in [0.5, 0.6) is 0 Å². The van der Waals surface area contributed by atoms with Gasteiger partial charge >= 0.3 is 0 Å². The number of hydrogen-bond donors (Lipinski definition) is 0. The van der Waals surface area contributed by atoms with Crippen LogP contribution in [0.15, 0.2) is 4.99 Å². The molecule has 0 spiro atoms. The second kappa shape index (κ2) is 3.00. The molecule has 0 aromatic carbocycles. The first kappa shape index (κ1) is 9.04. The molecular weight excluding hydrogens is 162 g/mol. The number of fused-ring (bicyclic) bond motifs is 1. The first-order valence-electron chi connectivity index (χ1n) is 5.32. The number of rotatable bonds is 0. The Balaban J connectivity index is 2.09. The predicted octanol–water partition coefficient (Wildman–Crippen LogP) is 2.77. The molecule has 2 aliphatic rings. The molecule has 0 bridgehead atoms. The minimum absolute atomic E-state index is 0.0946. The summed E-state index contributed by atoms with van der Waals surface area (Å²) in [5.41, 5.74) is 0.0946. The van der Waals surface area contributed by atoms with E-state index in [9.17, 15) is 0 Å². The van der Waals surface area contributed by atoms with E-state index in [4.69, 9.17) is 4.74 Å². The number of ether oxygens (including phenoxy) is 1. The average Bonchev–Trinajstić information content (AvgIpc) is 2.45. The molecule has 13 heavy (non-hydrogen) atoms. The van der Waals surface area contributed by atoms with E-state index >= 15 is 0 Å². The Morgan fingerprint density at radius 3 is 2.54 bits per heavy atom. The largest absolute Gasteiger partial charge is 0.475 e. The minimum Gasteiger partial charge on any atom is -0.475 e. The van der Waals surface area contributed by atoms with Gasteiger partial charge in [-0.3, -0.25) is 0 Å². The van der Waals surface area contributed by atoms with Crippen molar-refractivity contribution in [1.29, 1.82) is 0 Å². The van der Waals surface area contributed by atoms with Gasteiger partial charge in [0.1, 0.15) is 6.10 Å². The van der Waals surface area contributed by atoms with Crippen LogP contribution >= 0.6 is 0 Å². The topological polar surface area (TPSA) is 21.6 Å². The fourth-order valence-electron chi connectivity index (χ4n) is 2.06. The maximum absolute atomic E-state index is 5.88. The van der Waals surface area contributed by atoms with Crippen LogP contribution < -0.4 is 0 Å². The number of hydrogen-bond acceptors (Lipinski definition) is 2. The highest BCUT2D eigenvalue weighted by Crippen LogP contribution is 2.33. The van der Waals surface area contributed by atoms with E-state index in [1.165, 1.54) is 25.7 Å². The van der Waals surface area contributed by atoms with Crippen molar-refractivity contribution < 1.29 is 4.74 Å². The molecule has 0 N–H and O–H groups in total. The molecule has 1 heterocycles. The molecule has 2 nitrogen and oxygen atoms in total. The van der Waals surface area contributed by atoms with Gasteiger partial charge in [-0.2, -0.15) is 0 Å². The molecule has 1 aliphatic carbocycles. The van der Waals surface area contributed by atoms with E-state index in [1.54, 1.807) is 0 Å². The molecule has 0 saturated heterocycles. The fraction of sp³-hybridized carbons (Fsp3) is 0.909. The Labute approximate surface area is 80.4 Å². The SMILES string of the molecule is CC(C)(C)C1=NC2CCCCC2O1. The molecule has 74 valence electrons. The van der Waals surface area contributed by atoms with E-state index in [0.29, 0.717) is 12.1 Å². The summed E-state index contributed by atoms with van der Waals surface area (Å²) in [4.78, 5) is 4.68. The average molecular weight is 181 g/mol. The Bertz CT molecular complexity index is 227. The lowest BCUT2D eigenvalue weighted by atomic mass is 9.94. The molecule has 2 unspecified atom stereocenters. The second-order valence-electron chi connectivity index (χ2n) is 5.19. The Hall–Kier alpha value is -0.530. The molecular formula is C11H19NO. The van der Waals surface area contributed by atoms with Crippen LogP contribution in [0.25, 0.3) is 0 Å². The van der Waals surface area contributed by atoms with E-state index < -0.39 is 0 Å². The second-order valence-corrected chi connectivity index (χ2v) is 5.19. The van der Waals surface area contributed by atoms with Crippen LogP contribution in [-0.4, -0.2) is 18.0 Å². The minimum atomic E-state index is 0.0946. The first-order chi connectivity index (χ1) is 6.07. The predicted molar refractivity (Wildman–Crippen MR) is 54.0 cm³/mol. The molecule has 1 fully saturated rings. The van der Waals surface area contributed by atoms with Gasteiger partial charge in [-0.25, -0.2) is 4.99 Å². The van der Waals surface area contributed by atoms with Gasteiger partial charge in [0, 0.05) is 5.41 Å². The quantitative estimate of drug-likeness (QED) is 0.563. The third-order valence-corrected chi connectivity index (χ3v) is 2.86. The molecule has 0 amide bonds. The van der Waals surface area contributed by atoms with E-state index in [1.807, 2.05) is 0 Å². The summed E-state index contributed by atoms with van der Waals surface area (Å²) in [5.74, 6) is 0.976. The normalized spacial score (nSPS) is 33.6. The lowest BCUT2D eigenvalue weighted by molar-refractivity contribution is 0.139. The van der Waals surface area contributed by atoms with Gasteiger partial charge in [0.25, 0.3) is 0 Å². The summed E-state index contributed by atoms with van der Waals surface area (Å²) in [7, 11) is 0. The van der Waals surface area contributed by atoms with Gasteiger partial charge in [0.2, 0.25) is 0 Å². The van der Waals surface area contributed by atoms with Crippen molar-refractivity contribution >= 4 is 5.90 Å². The first-order valence-corrected chi connectivity index (χ1v) is 5.32. The number of aliphatic imine (C=N–C) groups is 1. The zero-order chi connectivity index (χ0) is 9.47. The zero-order valence-electron chi connectivity index (χ0n) is 8.84. The third kappa shape index (κ3) is 1.72. The van der Waals surface area contributed by atoms with Gasteiger partial charge in [0.05, 0.1) is 6.04 Å². The standard InChI is InChI=1S/C11H19NO/c1-11(2,3)10-12-8-6-4-5-7-9(8)13-10/h8-9H,4-7H2,1-3H3. The molecule has 0 aromatic heterocycles. The van der Waals surface area contributed by atoms with E-state index in [2.05, 4.69) is 25.8 Å². The molecule has 0 aromatic rings. The summed E-state index contributed by atoms with van der Waals surface area (Å²) in [5, 5.41) is 0. The van der Waals surface area contributed by atoms with Crippen molar-refractivity contribution in [2.24, 2.45) is 10.4 Å². The third-order valence-electron chi connectivity index (χ3n) is 2.86. The van der Waals surface area contributed by atoms with Gasteiger partial charge in [0.15, 0.2) is 5.90 Å². The molecule has 2 rings (SSSR count). The molecule has 1 aliphatic heterocycles. The highest BCUT2D eigenvalue weighted by Gasteiger charge is 2.37. The van der Waals surface area contributed by atoms with Crippen molar-refractivity contribution in [2.45, 2.75) is 58.6 Å². The van der Waals surface area contributed by atoms with E-state index in [-0.39, 0.29) is 5.41 Å². The highest BCUT2D eigenvalue weighted by atomic mass is 16.5. The van der Waals surface area contributed by atoms with Crippen molar-refractivity contribution in [3.8, 4) is 0 Å². The maximum Gasteiger partial charge on any atom is 0.189 e. The van der Waals surface area contributed by atoms with Crippen molar-refractivity contribution in [3.63, 3.8) is 0 Å². The van der Waals surface area contributed by atoms with Crippen LogP contribution in [0.4, 0.5) is 0 Å². The number of nitrogens with zero attached hydrogens (tertiary/aromatic N) is 1. The fourth-order valence-corrected chi connectivity index (χ4v) is 2.06. The Kier molecular flexibility index (Phi) is 2.09. The lowest BCUT2D eigenvalue weighted by Gasteiger charge is -2.23. The Morgan fingerprint density at radius 1 is 1.23 bits per heavy atom.